The van der Waals surface area contributed by atoms with Gasteiger partial charge in [-0.25, -0.2) is 4.79 Å². The van der Waals surface area contributed by atoms with Crippen molar-refractivity contribution in [3.05, 3.63) is 28.8 Å². The predicted octanol–water partition coefficient (Wildman–Crippen LogP) is 2.88. The van der Waals surface area contributed by atoms with Crippen LogP contribution >= 0.6 is 11.6 Å². The van der Waals surface area contributed by atoms with Crippen molar-refractivity contribution in [3.8, 4) is 5.75 Å². The summed E-state index contributed by atoms with van der Waals surface area (Å²) in [4.78, 5) is 24.6. The van der Waals surface area contributed by atoms with E-state index < -0.39 is 12.0 Å². The molecule has 1 aromatic rings. The Labute approximate surface area is 134 Å². The van der Waals surface area contributed by atoms with Gasteiger partial charge in [-0.3, -0.25) is 4.79 Å². The number of likely N-dealkylation sites (tertiary alicyclic amines) is 1. The first-order valence-electron chi connectivity index (χ1n) is 7.40. The van der Waals surface area contributed by atoms with Gasteiger partial charge in [0.25, 0.3) is 0 Å². The van der Waals surface area contributed by atoms with Gasteiger partial charge in [-0.2, -0.15) is 0 Å². The number of benzene rings is 1. The van der Waals surface area contributed by atoms with E-state index in [9.17, 15) is 9.59 Å². The van der Waals surface area contributed by atoms with Gasteiger partial charge in [0.05, 0.1) is 6.61 Å². The Morgan fingerprint density at radius 3 is 2.91 bits per heavy atom. The number of hydrogen-bond donors (Lipinski definition) is 1. The van der Waals surface area contributed by atoms with Crippen LogP contribution in [0.3, 0.4) is 0 Å². The minimum Gasteiger partial charge on any atom is -0.494 e. The molecule has 0 aromatic heterocycles. The molecule has 2 rings (SSSR count). The third-order valence-electron chi connectivity index (χ3n) is 3.79. The van der Waals surface area contributed by atoms with Crippen LogP contribution in [0.1, 0.15) is 31.2 Å². The molecule has 0 spiro atoms. The summed E-state index contributed by atoms with van der Waals surface area (Å²) in [6, 6.07) is 4.76. The van der Waals surface area contributed by atoms with Gasteiger partial charge in [-0.1, -0.05) is 11.6 Å². The number of carbonyl (C=O) groups excluding carboxylic acids is 1. The molecule has 120 valence electrons. The molecule has 1 fully saturated rings. The van der Waals surface area contributed by atoms with Gasteiger partial charge in [0.1, 0.15) is 11.8 Å². The zero-order valence-electron chi connectivity index (χ0n) is 12.5. The molecule has 0 radical (unpaired) electrons. The number of carboxylic acids is 1. The van der Waals surface area contributed by atoms with Crippen LogP contribution in [-0.2, 0) is 9.59 Å². The molecular weight excluding hydrogens is 306 g/mol. The summed E-state index contributed by atoms with van der Waals surface area (Å²) in [6.07, 6.45) is 2.16. The van der Waals surface area contributed by atoms with Crippen LogP contribution in [0, 0.1) is 6.92 Å². The zero-order valence-corrected chi connectivity index (χ0v) is 13.3. The van der Waals surface area contributed by atoms with E-state index in [0.717, 1.165) is 17.7 Å². The molecule has 1 heterocycles. The van der Waals surface area contributed by atoms with Gasteiger partial charge in [0.2, 0.25) is 5.91 Å². The third-order valence-corrected chi connectivity index (χ3v) is 4.22. The lowest BCUT2D eigenvalue weighted by Crippen LogP contribution is -2.40. The maximum Gasteiger partial charge on any atom is 0.326 e. The Morgan fingerprint density at radius 1 is 1.45 bits per heavy atom. The van der Waals surface area contributed by atoms with Gasteiger partial charge in [0.15, 0.2) is 0 Å². The van der Waals surface area contributed by atoms with Crippen molar-refractivity contribution in [2.24, 2.45) is 0 Å². The highest BCUT2D eigenvalue weighted by Gasteiger charge is 2.33. The number of ether oxygens (including phenoxy) is 1. The fraction of sp³-hybridized carbons (Fsp3) is 0.500. The van der Waals surface area contributed by atoms with Crippen LogP contribution in [0.15, 0.2) is 18.2 Å². The van der Waals surface area contributed by atoms with Crippen molar-refractivity contribution >= 4 is 23.5 Å². The van der Waals surface area contributed by atoms with Crippen molar-refractivity contribution in [2.75, 3.05) is 13.2 Å². The number of nitrogens with zero attached hydrogens (tertiary/aromatic N) is 1. The maximum absolute atomic E-state index is 12.1. The third kappa shape index (κ3) is 4.13. The van der Waals surface area contributed by atoms with E-state index in [4.69, 9.17) is 21.4 Å². The van der Waals surface area contributed by atoms with E-state index >= 15 is 0 Å². The summed E-state index contributed by atoms with van der Waals surface area (Å²) >= 11 is 5.94. The lowest BCUT2D eigenvalue weighted by molar-refractivity contribution is -0.148. The molecule has 0 bridgehead atoms. The van der Waals surface area contributed by atoms with Crippen LogP contribution < -0.4 is 4.74 Å². The first kappa shape index (κ1) is 16.6. The van der Waals surface area contributed by atoms with E-state index in [1.54, 1.807) is 12.1 Å². The first-order valence-corrected chi connectivity index (χ1v) is 7.78. The summed E-state index contributed by atoms with van der Waals surface area (Å²) in [6.45, 7) is 2.85. The maximum atomic E-state index is 12.1. The molecule has 1 aliphatic heterocycles. The molecule has 0 unspecified atom stereocenters. The normalized spacial score (nSPS) is 17.5. The largest absolute Gasteiger partial charge is 0.494 e. The van der Waals surface area contributed by atoms with Gasteiger partial charge < -0.3 is 14.7 Å². The Kier molecular flexibility index (Phi) is 5.66. The van der Waals surface area contributed by atoms with Crippen LogP contribution in [0.5, 0.6) is 5.75 Å². The lowest BCUT2D eigenvalue weighted by atomic mass is 10.2. The minimum atomic E-state index is -0.918. The number of carboxylic acid groups (broad SMARTS) is 1. The number of amides is 1. The topological polar surface area (TPSA) is 66.8 Å². The van der Waals surface area contributed by atoms with E-state index in [-0.39, 0.29) is 5.91 Å². The SMILES string of the molecule is Cc1cc(OCCCC(=O)N2CCC[C@@H]2C(=O)O)ccc1Cl. The highest BCUT2D eigenvalue weighted by molar-refractivity contribution is 6.31. The lowest BCUT2D eigenvalue weighted by Gasteiger charge is -2.21. The molecule has 6 heteroatoms. The molecule has 1 saturated heterocycles. The molecule has 1 amide bonds. The van der Waals surface area contributed by atoms with Gasteiger partial charge in [0, 0.05) is 18.0 Å². The van der Waals surface area contributed by atoms with Crippen molar-refractivity contribution < 1.29 is 19.4 Å². The van der Waals surface area contributed by atoms with Crippen LogP contribution in [0.25, 0.3) is 0 Å². The fourth-order valence-corrected chi connectivity index (χ4v) is 2.70. The number of rotatable bonds is 6. The average Bonchev–Trinajstić information content (AvgIpc) is 2.97. The van der Waals surface area contributed by atoms with Crippen molar-refractivity contribution in [1.29, 1.82) is 0 Å². The molecule has 0 aliphatic carbocycles. The number of carbonyl (C=O) groups is 2. The Bertz CT molecular complexity index is 561. The second-order valence-corrected chi connectivity index (χ2v) is 5.85. The number of hydrogen-bond acceptors (Lipinski definition) is 3. The van der Waals surface area contributed by atoms with Crippen LogP contribution in [0.4, 0.5) is 0 Å². The minimum absolute atomic E-state index is 0.110. The number of halogens is 1. The first-order chi connectivity index (χ1) is 10.5. The standard InChI is InChI=1S/C16H20ClNO4/c1-11-10-12(6-7-13(11)17)22-9-3-5-15(19)18-8-2-4-14(18)16(20)21/h6-7,10,14H,2-5,8-9H2,1H3,(H,20,21)/t14-/m1/s1. The quantitative estimate of drug-likeness (QED) is 0.817. The zero-order chi connectivity index (χ0) is 16.1. The molecule has 0 saturated carbocycles. The van der Waals surface area contributed by atoms with Gasteiger partial charge >= 0.3 is 5.97 Å². The Morgan fingerprint density at radius 2 is 2.23 bits per heavy atom. The monoisotopic (exact) mass is 325 g/mol. The summed E-state index contributed by atoms with van der Waals surface area (Å²) in [5.74, 6) is -0.307. The van der Waals surface area contributed by atoms with Crippen molar-refractivity contribution in [3.63, 3.8) is 0 Å². The Balaban J connectivity index is 1.75. The average molecular weight is 326 g/mol. The Hall–Kier alpha value is -1.75. The molecule has 1 aliphatic rings. The smallest absolute Gasteiger partial charge is 0.326 e. The van der Waals surface area contributed by atoms with Crippen LogP contribution in [0.2, 0.25) is 5.02 Å². The van der Waals surface area contributed by atoms with Crippen molar-refractivity contribution in [1.82, 2.24) is 4.90 Å². The van der Waals surface area contributed by atoms with E-state index in [0.29, 0.717) is 37.4 Å². The summed E-state index contributed by atoms with van der Waals surface area (Å²) in [7, 11) is 0. The summed E-state index contributed by atoms with van der Waals surface area (Å²) in [5.41, 5.74) is 0.941. The number of aliphatic carboxylic acids is 1. The second-order valence-electron chi connectivity index (χ2n) is 5.45. The molecule has 1 atom stereocenters. The summed E-state index contributed by atoms with van der Waals surface area (Å²) < 4.78 is 5.58. The molecule has 1 N–H and O–H groups in total. The van der Waals surface area contributed by atoms with Crippen LogP contribution in [-0.4, -0.2) is 41.1 Å². The van der Waals surface area contributed by atoms with E-state index in [2.05, 4.69) is 0 Å². The summed E-state index contributed by atoms with van der Waals surface area (Å²) in [5, 5.41) is 9.76. The second kappa shape index (κ2) is 7.49. The predicted molar refractivity (Wildman–Crippen MR) is 83.3 cm³/mol. The van der Waals surface area contributed by atoms with Crippen molar-refractivity contribution in [2.45, 2.75) is 38.6 Å². The highest BCUT2D eigenvalue weighted by Crippen LogP contribution is 2.22. The fourth-order valence-electron chi connectivity index (χ4n) is 2.59. The van der Waals surface area contributed by atoms with Gasteiger partial charge in [-0.15, -0.1) is 0 Å². The van der Waals surface area contributed by atoms with Gasteiger partial charge in [-0.05, 0) is 49.9 Å². The highest BCUT2D eigenvalue weighted by atomic mass is 35.5. The van der Waals surface area contributed by atoms with E-state index in [1.165, 1.54) is 4.90 Å². The molecule has 5 nitrogen and oxygen atoms in total. The number of aryl methyl sites for hydroxylation is 1. The molecular formula is C16H20ClNO4. The molecule has 1 aromatic carbocycles. The van der Waals surface area contributed by atoms with E-state index in [1.807, 2.05) is 13.0 Å². The molecule has 22 heavy (non-hydrogen) atoms.